The maximum Gasteiger partial charge on any atom is 0.332 e. The fraction of sp³-hybridized carbons (Fsp3) is 0.688. The van der Waals surface area contributed by atoms with Crippen LogP contribution in [-0.4, -0.2) is 27.4 Å². The lowest BCUT2D eigenvalue weighted by atomic mass is 9.89. The van der Waals surface area contributed by atoms with E-state index in [-0.39, 0.29) is 17.2 Å². The molecule has 3 rings (SSSR count). The smallest absolute Gasteiger partial charge is 0.332 e. The molecule has 2 aliphatic rings. The summed E-state index contributed by atoms with van der Waals surface area (Å²) in [5, 5.41) is 12.6. The fourth-order valence-corrected chi connectivity index (χ4v) is 3.83. The van der Waals surface area contributed by atoms with Crippen LogP contribution in [-0.2, 0) is 18.8 Å². The maximum atomic E-state index is 12.1. The highest BCUT2D eigenvalue weighted by Crippen LogP contribution is 2.40. The zero-order chi connectivity index (χ0) is 16.6. The van der Waals surface area contributed by atoms with Crippen LogP contribution in [0.15, 0.2) is 9.59 Å². The Morgan fingerprint density at radius 3 is 2.61 bits per heavy atom. The Kier molecular flexibility index (Phi) is 4.02. The third-order valence-electron chi connectivity index (χ3n) is 5.12. The van der Waals surface area contributed by atoms with Gasteiger partial charge in [0.25, 0.3) is 5.56 Å². The average molecular weight is 318 g/mol. The lowest BCUT2D eigenvalue weighted by Crippen LogP contribution is -2.45. The number of hydrogen-bond donors (Lipinski definition) is 1. The van der Waals surface area contributed by atoms with Gasteiger partial charge in [0.05, 0.1) is 5.60 Å². The van der Waals surface area contributed by atoms with Gasteiger partial charge in [-0.05, 0) is 25.7 Å². The van der Waals surface area contributed by atoms with Crippen molar-refractivity contribution in [2.45, 2.75) is 50.2 Å². The summed E-state index contributed by atoms with van der Waals surface area (Å²) >= 11 is 0. The van der Waals surface area contributed by atoms with Crippen LogP contribution in [0.1, 0.15) is 44.1 Å². The molecule has 124 valence electrons. The van der Waals surface area contributed by atoms with Crippen molar-refractivity contribution in [3.8, 4) is 6.07 Å². The molecule has 0 bridgehead atoms. The van der Waals surface area contributed by atoms with Crippen molar-refractivity contribution >= 4 is 5.82 Å². The largest absolute Gasteiger partial charge is 0.375 e. The first-order chi connectivity index (χ1) is 11.0. The topological polar surface area (TPSA) is 89.1 Å². The molecule has 1 saturated heterocycles. The average Bonchev–Trinajstić information content (AvgIpc) is 2.98. The van der Waals surface area contributed by atoms with Crippen LogP contribution < -0.4 is 16.6 Å². The lowest BCUT2D eigenvalue weighted by molar-refractivity contribution is -0.0767. The van der Waals surface area contributed by atoms with Crippen LogP contribution in [0.3, 0.4) is 0 Å². The van der Waals surface area contributed by atoms with Crippen LogP contribution in [0.2, 0.25) is 0 Å². The van der Waals surface area contributed by atoms with E-state index in [1.165, 1.54) is 24.5 Å². The standard InChI is InChI=1S/C16H22N4O3/c1-19-13(12(10-17)14(21)20(2)15(19)22)18-11-5-8-23-16(9-11)6-3-4-7-16/h11,18H,3-9H2,1-2H3. The van der Waals surface area contributed by atoms with E-state index in [4.69, 9.17) is 4.74 Å². The minimum atomic E-state index is -0.555. The second kappa shape index (κ2) is 5.85. The molecule has 1 aliphatic heterocycles. The Morgan fingerprint density at radius 2 is 1.96 bits per heavy atom. The summed E-state index contributed by atoms with van der Waals surface area (Å²) < 4.78 is 8.32. The SMILES string of the molecule is Cn1c(NC2CCOC3(CCCC3)C2)c(C#N)c(=O)n(C)c1=O. The molecule has 0 aromatic carbocycles. The highest BCUT2D eigenvalue weighted by Gasteiger charge is 2.40. The van der Waals surface area contributed by atoms with E-state index < -0.39 is 11.2 Å². The molecule has 0 radical (unpaired) electrons. The molecule has 23 heavy (non-hydrogen) atoms. The predicted molar refractivity (Wildman–Crippen MR) is 85.4 cm³/mol. The van der Waals surface area contributed by atoms with Gasteiger partial charge < -0.3 is 10.1 Å². The molecule has 1 atom stereocenters. The Labute approximate surface area is 134 Å². The summed E-state index contributed by atoms with van der Waals surface area (Å²) in [6.07, 6.45) is 6.13. The molecule has 1 spiro atoms. The molecule has 2 fully saturated rings. The number of nitrogens with one attached hydrogen (secondary N) is 1. The molecule has 1 aromatic heterocycles. The summed E-state index contributed by atoms with van der Waals surface area (Å²) in [7, 11) is 2.97. The summed E-state index contributed by atoms with van der Waals surface area (Å²) in [5.74, 6) is 0.320. The van der Waals surface area contributed by atoms with Gasteiger partial charge in [-0.15, -0.1) is 0 Å². The second-order valence-corrected chi connectivity index (χ2v) is 6.61. The van der Waals surface area contributed by atoms with Gasteiger partial charge in [0.1, 0.15) is 11.9 Å². The van der Waals surface area contributed by atoms with E-state index in [9.17, 15) is 14.9 Å². The quantitative estimate of drug-likeness (QED) is 0.873. The number of anilines is 1. The van der Waals surface area contributed by atoms with Crippen molar-refractivity contribution in [2.24, 2.45) is 14.1 Å². The Balaban J connectivity index is 1.93. The predicted octanol–water partition coefficient (Wildman–Crippen LogP) is 0.859. The molecule has 7 heteroatoms. The highest BCUT2D eigenvalue weighted by atomic mass is 16.5. The fourth-order valence-electron chi connectivity index (χ4n) is 3.83. The van der Waals surface area contributed by atoms with Gasteiger partial charge in [-0.1, -0.05) is 12.8 Å². The number of rotatable bonds is 2. The van der Waals surface area contributed by atoms with Crippen molar-refractivity contribution in [2.75, 3.05) is 11.9 Å². The number of hydrogen-bond acceptors (Lipinski definition) is 5. The normalized spacial score (nSPS) is 22.9. The van der Waals surface area contributed by atoms with E-state index in [1.54, 1.807) is 7.05 Å². The van der Waals surface area contributed by atoms with E-state index in [2.05, 4.69) is 5.32 Å². The lowest BCUT2D eigenvalue weighted by Gasteiger charge is -2.39. The zero-order valence-corrected chi connectivity index (χ0v) is 13.6. The summed E-state index contributed by atoms with van der Waals surface area (Å²) in [6, 6.07) is 2.04. The molecule has 1 aromatic rings. The van der Waals surface area contributed by atoms with Gasteiger partial charge >= 0.3 is 5.69 Å². The third-order valence-corrected chi connectivity index (χ3v) is 5.12. The van der Waals surface area contributed by atoms with Gasteiger partial charge in [0.2, 0.25) is 0 Å². The molecular weight excluding hydrogens is 296 g/mol. The van der Waals surface area contributed by atoms with Crippen LogP contribution in [0.25, 0.3) is 0 Å². The number of nitrogens with zero attached hydrogens (tertiary/aromatic N) is 3. The van der Waals surface area contributed by atoms with Crippen molar-refractivity contribution in [1.29, 1.82) is 5.26 Å². The molecule has 0 amide bonds. The monoisotopic (exact) mass is 318 g/mol. The first kappa shape index (κ1) is 15.8. The second-order valence-electron chi connectivity index (χ2n) is 6.61. The molecule has 7 nitrogen and oxygen atoms in total. The molecule has 1 N–H and O–H groups in total. The number of aromatic nitrogens is 2. The molecule has 1 unspecified atom stereocenters. The van der Waals surface area contributed by atoms with Crippen molar-refractivity contribution in [3.05, 3.63) is 26.4 Å². The van der Waals surface area contributed by atoms with E-state index in [0.717, 1.165) is 30.3 Å². The van der Waals surface area contributed by atoms with Gasteiger partial charge in [-0.2, -0.15) is 5.26 Å². The van der Waals surface area contributed by atoms with Crippen LogP contribution in [0.5, 0.6) is 0 Å². The van der Waals surface area contributed by atoms with E-state index in [1.807, 2.05) is 6.07 Å². The molecule has 2 heterocycles. The highest BCUT2D eigenvalue weighted by molar-refractivity contribution is 5.51. The minimum Gasteiger partial charge on any atom is -0.375 e. The Bertz CT molecular complexity index is 765. The minimum absolute atomic E-state index is 0.0124. The van der Waals surface area contributed by atoms with Crippen molar-refractivity contribution in [3.63, 3.8) is 0 Å². The third kappa shape index (κ3) is 2.68. The zero-order valence-electron chi connectivity index (χ0n) is 13.6. The summed E-state index contributed by atoms with van der Waals surface area (Å²) in [6.45, 7) is 0.665. The van der Waals surface area contributed by atoms with Gasteiger partial charge in [0, 0.05) is 26.7 Å². The first-order valence-corrected chi connectivity index (χ1v) is 8.08. The van der Waals surface area contributed by atoms with Crippen molar-refractivity contribution < 1.29 is 4.74 Å². The van der Waals surface area contributed by atoms with Crippen LogP contribution in [0.4, 0.5) is 5.82 Å². The van der Waals surface area contributed by atoms with Gasteiger partial charge in [-0.25, -0.2) is 4.79 Å². The molecule has 1 saturated carbocycles. The summed E-state index contributed by atoms with van der Waals surface area (Å²) in [4.78, 5) is 24.3. The van der Waals surface area contributed by atoms with E-state index in [0.29, 0.717) is 12.4 Å². The van der Waals surface area contributed by atoms with Crippen molar-refractivity contribution in [1.82, 2.24) is 9.13 Å². The van der Waals surface area contributed by atoms with Gasteiger partial charge in [-0.3, -0.25) is 13.9 Å². The molecular formula is C16H22N4O3. The van der Waals surface area contributed by atoms with Gasteiger partial charge in [0.15, 0.2) is 5.56 Å². The molecule has 1 aliphatic carbocycles. The number of nitriles is 1. The number of ether oxygens (including phenoxy) is 1. The maximum absolute atomic E-state index is 12.1. The Morgan fingerprint density at radius 1 is 1.26 bits per heavy atom. The van der Waals surface area contributed by atoms with E-state index >= 15 is 0 Å². The summed E-state index contributed by atoms with van der Waals surface area (Å²) in [5.41, 5.74) is -1.07. The van der Waals surface area contributed by atoms with Crippen LogP contribution >= 0.6 is 0 Å². The Hall–Kier alpha value is -2.07. The first-order valence-electron chi connectivity index (χ1n) is 8.08. The van der Waals surface area contributed by atoms with Crippen LogP contribution in [0, 0.1) is 11.3 Å².